The summed E-state index contributed by atoms with van der Waals surface area (Å²) in [5.74, 6) is 0.909. The molecule has 0 aliphatic carbocycles. The number of carbonyl (C=O) groups is 2. The normalized spacial score (nSPS) is 12.5. The van der Waals surface area contributed by atoms with Crippen molar-refractivity contribution in [1.82, 2.24) is 0 Å². The Balaban J connectivity index is 1.86. The maximum Gasteiger partial charge on any atom is 0.306 e. The van der Waals surface area contributed by atoms with Gasteiger partial charge in [-0.15, -0.1) is 0 Å². The number of benzene rings is 3. The van der Waals surface area contributed by atoms with Crippen LogP contribution >= 0.6 is 15.9 Å². The molecule has 9 heteroatoms. The van der Waals surface area contributed by atoms with Gasteiger partial charge in [0.1, 0.15) is 24.7 Å². The lowest BCUT2D eigenvalue weighted by atomic mass is 10.0. The van der Waals surface area contributed by atoms with Crippen LogP contribution in [-0.4, -0.2) is 63.8 Å². The van der Waals surface area contributed by atoms with Crippen molar-refractivity contribution in [3.05, 3.63) is 46.9 Å². The van der Waals surface area contributed by atoms with Crippen LogP contribution in [0.3, 0.4) is 0 Å². The summed E-state index contributed by atoms with van der Waals surface area (Å²) in [6.07, 6.45) is 14.1. The average molecular weight is 802 g/mol. The fourth-order valence-corrected chi connectivity index (χ4v) is 6.55. The number of halogens is 1. The molecule has 0 N–H and O–H groups in total. The third-order valence-corrected chi connectivity index (χ3v) is 9.66. The summed E-state index contributed by atoms with van der Waals surface area (Å²) in [4.78, 5) is 25.7. The van der Waals surface area contributed by atoms with E-state index < -0.39 is 12.2 Å². The molecular weight excluding hydrogens is 736 g/mol. The molecule has 0 saturated carbocycles. The quantitative estimate of drug-likeness (QED) is 0.0374. The maximum absolute atomic E-state index is 12.9. The van der Waals surface area contributed by atoms with Crippen LogP contribution in [0.5, 0.6) is 11.5 Å². The van der Waals surface area contributed by atoms with Gasteiger partial charge in [-0.05, 0) is 43.9 Å². The Labute approximate surface area is 327 Å². The second kappa shape index (κ2) is 26.8. The minimum absolute atomic E-state index is 0.145. The van der Waals surface area contributed by atoms with E-state index in [1.807, 2.05) is 42.5 Å². The molecule has 0 bridgehead atoms. The van der Waals surface area contributed by atoms with Gasteiger partial charge in [-0.2, -0.15) is 0 Å². The molecule has 2 unspecified atom stereocenters. The van der Waals surface area contributed by atoms with Crippen molar-refractivity contribution >= 4 is 49.4 Å². The van der Waals surface area contributed by atoms with Gasteiger partial charge in [-0.1, -0.05) is 132 Å². The fraction of sp³-hybridized carbons (Fsp3) is 0.636. The highest BCUT2D eigenvalue weighted by Gasteiger charge is 2.22. The molecule has 0 spiro atoms. The first-order valence-corrected chi connectivity index (χ1v) is 21.1. The van der Waals surface area contributed by atoms with Gasteiger partial charge < -0.3 is 28.4 Å². The van der Waals surface area contributed by atoms with Crippen LogP contribution in [-0.2, 0) is 28.5 Å². The Hall–Kier alpha value is -2.88. The summed E-state index contributed by atoms with van der Waals surface area (Å²) in [5.41, 5.74) is 0. The first-order chi connectivity index (χ1) is 25.9. The average Bonchev–Trinajstić information content (AvgIpc) is 3.15. The molecule has 8 nitrogen and oxygen atoms in total. The van der Waals surface area contributed by atoms with Crippen molar-refractivity contribution in [2.45, 2.75) is 143 Å². The van der Waals surface area contributed by atoms with Gasteiger partial charge >= 0.3 is 11.9 Å². The van der Waals surface area contributed by atoms with Crippen molar-refractivity contribution in [3.8, 4) is 11.5 Å². The molecule has 0 radical (unpaired) electrons. The Morgan fingerprint density at radius 1 is 0.528 bits per heavy atom. The summed E-state index contributed by atoms with van der Waals surface area (Å²) in [6.45, 7) is 10.7. The predicted molar refractivity (Wildman–Crippen MR) is 218 cm³/mol. The summed E-state index contributed by atoms with van der Waals surface area (Å²) in [7, 11) is 0. The third kappa shape index (κ3) is 16.6. The molecule has 0 saturated heterocycles. The van der Waals surface area contributed by atoms with Crippen LogP contribution in [0, 0.1) is 0 Å². The van der Waals surface area contributed by atoms with Crippen LogP contribution in [0.2, 0.25) is 0 Å². The zero-order valence-electron chi connectivity index (χ0n) is 32.9. The second-order valence-electron chi connectivity index (χ2n) is 13.9. The van der Waals surface area contributed by atoms with Crippen molar-refractivity contribution < 1.29 is 38.0 Å². The number of hydrogen-bond acceptors (Lipinski definition) is 8. The highest BCUT2D eigenvalue weighted by Crippen LogP contribution is 2.44. The first-order valence-electron chi connectivity index (χ1n) is 20.4. The van der Waals surface area contributed by atoms with E-state index >= 15 is 0 Å². The molecule has 0 amide bonds. The minimum atomic E-state index is -0.554. The van der Waals surface area contributed by atoms with Crippen LogP contribution < -0.4 is 9.47 Å². The third-order valence-electron chi connectivity index (χ3n) is 9.17. The Morgan fingerprint density at radius 2 is 0.962 bits per heavy atom. The van der Waals surface area contributed by atoms with E-state index in [1.54, 1.807) is 0 Å². The number of fused-ring (bicyclic) bond motifs is 2. The number of hydrogen-bond donors (Lipinski definition) is 0. The Morgan fingerprint density at radius 3 is 1.43 bits per heavy atom. The van der Waals surface area contributed by atoms with Crippen LogP contribution in [0.4, 0.5) is 0 Å². The van der Waals surface area contributed by atoms with Gasteiger partial charge in [0.05, 0.1) is 13.2 Å². The lowest BCUT2D eigenvalue weighted by molar-refractivity contribution is -0.155. The molecule has 0 heterocycles. The Kier molecular flexibility index (Phi) is 22.5. The highest BCUT2D eigenvalue weighted by molar-refractivity contribution is 9.10. The van der Waals surface area contributed by atoms with E-state index in [4.69, 9.17) is 28.4 Å². The minimum Gasteiger partial charge on any atom is -0.488 e. The standard InChI is InChI=1S/C44H65BrO8/c1-5-9-13-15-23-41(46)52-35(30-48-27-19-11-7-3)32-50-43-37-21-17-18-22-38(37)44(40-29-34(45)25-26-39(40)43)51-33-36(31-49-28-20-12-8-4)53-42(47)24-16-14-10-6-2/h17-18,21-22,25-26,29,35-36H,5-16,19-20,23-24,27-28,30-33H2,1-4H3. The first kappa shape index (κ1) is 44.5. The van der Waals surface area contributed by atoms with Gasteiger partial charge in [0.2, 0.25) is 0 Å². The van der Waals surface area contributed by atoms with E-state index in [-0.39, 0.29) is 38.4 Å². The van der Waals surface area contributed by atoms with Crippen molar-refractivity contribution in [2.24, 2.45) is 0 Å². The monoisotopic (exact) mass is 800 g/mol. The lowest BCUT2D eigenvalue weighted by Crippen LogP contribution is -2.30. The number of unbranched alkanes of at least 4 members (excludes halogenated alkanes) is 10. The topological polar surface area (TPSA) is 89.5 Å². The van der Waals surface area contributed by atoms with Gasteiger partial charge in [0.25, 0.3) is 0 Å². The fourth-order valence-electron chi connectivity index (χ4n) is 6.19. The molecular formula is C44H65BrO8. The van der Waals surface area contributed by atoms with Crippen molar-refractivity contribution in [1.29, 1.82) is 0 Å². The van der Waals surface area contributed by atoms with Gasteiger partial charge in [-0.25, -0.2) is 0 Å². The molecule has 3 aromatic rings. The zero-order chi connectivity index (χ0) is 38.1. The number of esters is 2. The summed E-state index contributed by atoms with van der Waals surface area (Å²) in [5, 5.41) is 3.44. The van der Waals surface area contributed by atoms with E-state index in [1.165, 1.54) is 0 Å². The summed E-state index contributed by atoms with van der Waals surface area (Å²) in [6, 6.07) is 14.0. The van der Waals surface area contributed by atoms with Crippen LogP contribution in [0.15, 0.2) is 46.9 Å². The Bertz CT molecular complexity index is 1480. The molecule has 0 aliphatic heterocycles. The zero-order valence-corrected chi connectivity index (χ0v) is 34.5. The smallest absolute Gasteiger partial charge is 0.306 e. The number of ether oxygens (including phenoxy) is 6. The van der Waals surface area contributed by atoms with Crippen molar-refractivity contribution in [2.75, 3.05) is 39.6 Å². The van der Waals surface area contributed by atoms with Gasteiger partial charge in [0.15, 0.2) is 12.2 Å². The number of carbonyl (C=O) groups excluding carboxylic acids is 2. The molecule has 3 rings (SSSR count). The largest absolute Gasteiger partial charge is 0.488 e. The highest BCUT2D eigenvalue weighted by atomic mass is 79.9. The van der Waals surface area contributed by atoms with E-state index in [2.05, 4.69) is 43.6 Å². The summed E-state index contributed by atoms with van der Waals surface area (Å²) >= 11 is 3.66. The second-order valence-corrected chi connectivity index (χ2v) is 14.8. The number of rotatable bonds is 30. The lowest BCUT2D eigenvalue weighted by Gasteiger charge is -2.23. The van der Waals surface area contributed by atoms with Crippen LogP contribution in [0.25, 0.3) is 21.5 Å². The molecule has 0 fully saturated rings. The van der Waals surface area contributed by atoms with E-state index in [0.717, 1.165) is 116 Å². The van der Waals surface area contributed by atoms with E-state index in [0.29, 0.717) is 37.6 Å². The van der Waals surface area contributed by atoms with Gasteiger partial charge in [0, 0.05) is 52.1 Å². The molecule has 53 heavy (non-hydrogen) atoms. The van der Waals surface area contributed by atoms with E-state index in [9.17, 15) is 9.59 Å². The SMILES string of the molecule is CCCCCCC(=O)OC(COCCCCC)COc1c2ccccc2c(OCC(COCCCCC)OC(=O)CCCCCC)c2cc(Br)ccc12. The molecule has 3 aromatic carbocycles. The van der Waals surface area contributed by atoms with Crippen molar-refractivity contribution in [3.63, 3.8) is 0 Å². The molecule has 0 aliphatic rings. The molecule has 0 aromatic heterocycles. The predicted octanol–water partition coefficient (Wildman–Crippen LogP) is 11.7. The molecule has 296 valence electrons. The summed E-state index contributed by atoms with van der Waals surface area (Å²) < 4.78 is 37.9. The van der Waals surface area contributed by atoms with Crippen LogP contribution in [0.1, 0.15) is 130 Å². The maximum atomic E-state index is 12.9. The molecule has 2 atom stereocenters. The van der Waals surface area contributed by atoms with Gasteiger partial charge in [-0.3, -0.25) is 9.59 Å².